The van der Waals surface area contributed by atoms with Crippen molar-refractivity contribution >= 4 is 11.8 Å². The van der Waals surface area contributed by atoms with E-state index in [4.69, 9.17) is 15.9 Å². The maximum absolute atomic E-state index is 12.5. The second-order valence-corrected chi connectivity index (χ2v) is 2.79. The Morgan fingerprint density at radius 3 is 2.67 bits per heavy atom. The minimum absolute atomic E-state index is 0.314. The number of hydrogen-bond donors (Lipinski definition) is 3. The summed E-state index contributed by atoms with van der Waals surface area (Å²) in [6.07, 6.45) is -2.93. The van der Waals surface area contributed by atoms with E-state index in [9.17, 15) is 13.6 Å². The van der Waals surface area contributed by atoms with Gasteiger partial charge in [0.05, 0.1) is 18.2 Å². The van der Waals surface area contributed by atoms with Gasteiger partial charge < -0.3 is 15.9 Å². The summed E-state index contributed by atoms with van der Waals surface area (Å²) in [6, 6.07) is 0. The van der Waals surface area contributed by atoms with Gasteiger partial charge in [0, 0.05) is 5.56 Å². The van der Waals surface area contributed by atoms with Crippen LogP contribution in [0.2, 0.25) is 0 Å². The molecule has 0 radical (unpaired) electrons. The third kappa shape index (κ3) is 2.30. The molecule has 0 saturated heterocycles. The smallest absolute Gasteiger partial charge is 0.307 e. The van der Waals surface area contributed by atoms with Gasteiger partial charge >= 0.3 is 5.97 Å². The van der Waals surface area contributed by atoms with Crippen molar-refractivity contribution in [3.8, 4) is 5.75 Å². The number of carboxylic acid groups (broad SMARTS) is 1. The first kappa shape index (κ1) is 11.2. The van der Waals surface area contributed by atoms with Gasteiger partial charge in [-0.15, -0.1) is 0 Å². The predicted molar refractivity (Wildman–Crippen MR) is 46.6 cm³/mol. The van der Waals surface area contributed by atoms with E-state index in [1.807, 2.05) is 0 Å². The molecule has 1 aromatic rings. The molecule has 0 aromatic carbocycles. The Bertz CT molecular complexity index is 396. The molecule has 7 heteroatoms. The number of nitrogens with two attached hydrogens (primary N) is 1. The van der Waals surface area contributed by atoms with Gasteiger partial charge in [0.25, 0.3) is 6.43 Å². The van der Waals surface area contributed by atoms with Crippen molar-refractivity contribution in [3.63, 3.8) is 0 Å². The van der Waals surface area contributed by atoms with E-state index in [0.717, 1.165) is 6.20 Å². The number of aliphatic carboxylic acids is 1. The number of carbonyl (C=O) groups is 1. The third-order valence-electron chi connectivity index (χ3n) is 1.78. The van der Waals surface area contributed by atoms with E-state index in [0.29, 0.717) is 0 Å². The molecule has 4 N–H and O–H groups in total. The molecule has 0 saturated carbocycles. The lowest BCUT2D eigenvalue weighted by molar-refractivity contribution is -0.136. The van der Waals surface area contributed by atoms with E-state index >= 15 is 0 Å². The van der Waals surface area contributed by atoms with Crippen LogP contribution in [0.3, 0.4) is 0 Å². The molecular formula is C8H8F2N2O3. The Morgan fingerprint density at radius 2 is 2.20 bits per heavy atom. The van der Waals surface area contributed by atoms with E-state index in [-0.39, 0.29) is 11.4 Å². The summed E-state index contributed by atoms with van der Waals surface area (Å²) in [5, 5.41) is 17.6. The average molecular weight is 218 g/mol. The molecule has 0 bridgehead atoms. The average Bonchev–Trinajstić information content (AvgIpc) is 2.10. The van der Waals surface area contributed by atoms with Gasteiger partial charge in [0.1, 0.15) is 11.6 Å². The molecule has 0 spiro atoms. The molecule has 0 aliphatic heterocycles. The van der Waals surface area contributed by atoms with Gasteiger partial charge in [-0.25, -0.2) is 13.8 Å². The zero-order chi connectivity index (χ0) is 11.6. The molecule has 0 aliphatic carbocycles. The number of pyridine rings is 1. The first-order valence-corrected chi connectivity index (χ1v) is 3.89. The number of carboxylic acids is 1. The quantitative estimate of drug-likeness (QED) is 0.701. The summed E-state index contributed by atoms with van der Waals surface area (Å²) in [6.45, 7) is 0. The molecule has 0 unspecified atom stereocenters. The van der Waals surface area contributed by atoms with Crippen molar-refractivity contribution in [3.05, 3.63) is 17.3 Å². The minimum Gasteiger partial charge on any atom is -0.506 e. The SMILES string of the molecule is Nc1ncc(O)c(C(F)F)c1CC(=O)O. The maximum atomic E-state index is 12.5. The molecule has 1 heterocycles. The molecule has 0 atom stereocenters. The van der Waals surface area contributed by atoms with Crippen molar-refractivity contribution in [2.45, 2.75) is 12.8 Å². The number of hydrogen-bond acceptors (Lipinski definition) is 4. The second-order valence-electron chi connectivity index (χ2n) is 2.79. The van der Waals surface area contributed by atoms with E-state index in [1.165, 1.54) is 0 Å². The van der Waals surface area contributed by atoms with E-state index < -0.39 is 30.1 Å². The topological polar surface area (TPSA) is 96.4 Å². The van der Waals surface area contributed by atoms with E-state index in [2.05, 4.69) is 4.98 Å². The van der Waals surface area contributed by atoms with Crippen LogP contribution < -0.4 is 5.73 Å². The maximum Gasteiger partial charge on any atom is 0.307 e. The van der Waals surface area contributed by atoms with Gasteiger partial charge in [-0.1, -0.05) is 0 Å². The summed E-state index contributed by atoms with van der Waals surface area (Å²) < 4.78 is 25.0. The van der Waals surface area contributed by atoms with Crippen LogP contribution in [0.25, 0.3) is 0 Å². The van der Waals surface area contributed by atoms with Crippen LogP contribution in [0.1, 0.15) is 17.6 Å². The molecular weight excluding hydrogens is 210 g/mol. The van der Waals surface area contributed by atoms with Crippen LogP contribution >= 0.6 is 0 Å². The summed E-state index contributed by atoms with van der Waals surface area (Å²) in [5.74, 6) is -2.39. The fourth-order valence-electron chi connectivity index (χ4n) is 1.15. The lowest BCUT2D eigenvalue weighted by Gasteiger charge is -2.10. The predicted octanol–water partition coefficient (Wildman–Crippen LogP) is 0.934. The van der Waals surface area contributed by atoms with Crippen LogP contribution in [0, 0.1) is 0 Å². The zero-order valence-corrected chi connectivity index (χ0v) is 7.44. The number of nitrogens with zero attached hydrogens (tertiary/aromatic N) is 1. The van der Waals surface area contributed by atoms with Crippen LogP contribution in [-0.4, -0.2) is 21.2 Å². The second kappa shape index (κ2) is 4.07. The summed E-state index contributed by atoms with van der Waals surface area (Å²) in [4.78, 5) is 13.8. The molecule has 0 aliphatic rings. The molecule has 15 heavy (non-hydrogen) atoms. The van der Waals surface area contributed by atoms with Crippen molar-refractivity contribution < 1.29 is 23.8 Å². The van der Waals surface area contributed by atoms with Gasteiger partial charge in [0.15, 0.2) is 0 Å². The number of aromatic hydroxyl groups is 1. The Balaban J connectivity index is 3.31. The van der Waals surface area contributed by atoms with Crippen molar-refractivity contribution in [2.24, 2.45) is 0 Å². The van der Waals surface area contributed by atoms with Gasteiger partial charge in [-0.05, 0) is 0 Å². The first-order valence-electron chi connectivity index (χ1n) is 3.89. The zero-order valence-electron chi connectivity index (χ0n) is 7.44. The minimum atomic E-state index is -3.00. The normalized spacial score (nSPS) is 10.6. The lowest BCUT2D eigenvalue weighted by Crippen LogP contribution is -2.09. The highest BCUT2D eigenvalue weighted by Gasteiger charge is 2.22. The molecule has 0 fully saturated rings. The van der Waals surface area contributed by atoms with Gasteiger partial charge in [0.2, 0.25) is 0 Å². The highest BCUT2D eigenvalue weighted by molar-refractivity contribution is 5.73. The number of anilines is 1. The van der Waals surface area contributed by atoms with Crippen molar-refractivity contribution in [1.82, 2.24) is 4.98 Å². The highest BCUT2D eigenvalue weighted by atomic mass is 19.3. The molecule has 5 nitrogen and oxygen atoms in total. The van der Waals surface area contributed by atoms with Crippen molar-refractivity contribution in [2.75, 3.05) is 5.73 Å². The summed E-state index contributed by atoms with van der Waals surface area (Å²) in [7, 11) is 0. The lowest BCUT2D eigenvalue weighted by atomic mass is 10.1. The molecule has 0 amide bonds. The number of alkyl halides is 2. The summed E-state index contributed by atoms with van der Waals surface area (Å²) in [5.41, 5.74) is 4.13. The monoisotopic (exact) mass is 218 g/mol. The first-order chi connectivity index (χ1) is 6.93. The number of rotatable bonds is 3. The Morgan fingerprint density at radius 1 is 1.60 bits per heavy atom. The largest absolute Gasteiger partial charge is 0.506 e. The molecule has 82 valence electrons. The van der Waals surface area contributed by atoms with Crippen LogP contribution in [0.4, 0.5) is 14.6 Å². The fraction of sp³-hybridized carbons (Fsp3) is 0.250. The van der Waals surface area contributed by atoms with Crippen LogP contribution in [0.5, 0.6) is 5.75 Å². The summed E-state index contributed by atoms with van der Waals surface area (Å²) >= 11 is 0. The Labute approximate surface area is 83.2 Å². The van der Waals surface area contributed by atoms with E-state index in [1.54, 1.807) is 0 Å². The Hall–Kier alpha value is -1.92. The van der Waals surface area contributed by atoms with Crippen molar-refractivity contribution in [1.29, 1.82) is 0 Å². The van der Waals surface area contributed by atoms with Crippen LogP contribution in [-0.2, 0) is 11.2 Å². The third-order valence-corrected chi connectivity index (χ3v) is 1.78. The molecule has 1 aromatic heterocycles. The standard InChI is InChI=1S/C8H8F2N2O3/c9-7(10)6-3(1-5(14)15)8(11)12-2-4(6)13/h2,7,13H,1H2,(H2,11,12)(H,14,15). The number of nitrogen functional groups attached to an aromatic ring is 1. The fourth-order valence-corrected chi connectivity index (χ4v) is 1.15. The van der Waals surface area contributed by atoms with Gasteiger partial charge in [-0.3, -0.25) is 4.79 Å². The highest BCUT2D eigenvalue weighted by Crippen LogP contribution is 2.33. The van der Waals surface area contributed by atoms with Gasteiger partial charge in [-0.2, -0.15) is 0 Å². The number of halogens is 2. The molecule has 1 rings (SSSR count). The van der Waals surface area contributed by atoms with Crippen LogP contribution in [0.15, 0.2) is 6.20 Å². The Kier molecular flexibility index (Phi) is 3.03. The number of aromatic nitrogens is 1.